The molecular formula is C11H23N3. The molecule has 3 nitrogen and oxygen atoms in total. The van der Waals surface area contributed by atoms with Crippen LogP contribution in [0.25, 0.3) is 0 Å². The first-order valence-electron chi connectivity index (χ1n) is 5.83. The van der Waals surface area contributed by atoms with Gasteiger partial charge in [-0.25, -0.2) is 0 Å². The molecule has 0 spiro atoms. The third-order valence-electron chi connectivity index (χ3n) is 3.60. The minimum atomic E-state index is 0.407. The van der Waals surface area contributed by atoms with Crippen molar-refractivity contribution in [2.75, 3.05) is 33.2 Å². The lowest BCUT2D eigenvalue weighted by atomic mass is 9.95. The van der Waals surface area contributed by atoms with E-state index in [9.17, 15) is 0 Å². The summed E-state index contributed by atoms with van der Waals surface area (Å²) < 4.78 is 0. The van der Waals surface area contributed by atoms with Crippen LogP contribution < -0.4 is 5.73 Å². The van der Waals surface area contributed by atoms with E-state index in [1.165, 1.54) is 32.5 Å². The maximum atomic E-state index is 6.06. The Labute approximate surface area is 87.2 Å². The SMILES string of the molecule is CC1CC(N)CN(C2CCN(C)C2)C1. The minimum absolute atomic E-state index is 0.407. The summed E-state index contributed by atoms with van der Waals surface area (Å²) in [5.41, 5.74) is 6.06. The number of rotatable bonds is 1. The van der Waals surface area contributed by atoms with E-state index in [4.69, 9.17) is 5.73 Å². The molecule has 3 atom stereocenters. The van der Waals surface area contributed by atoms with E-state index in [1.807, 2.05) is 0 Å². The van der Waals surface area contributed by atoms with Crippen LogP contribution in [0.5, 0.6) is 0 Å². The molecule has 2 saturated heterocycles. The summed E-state index contributed by atoms with van der Waals surface area (Å²) in [7, 11) is 2.22. The molecule has 82 valence electrons. The molecule has 2 aliphatic heterocycles. The second-order valence-electron chi connectivity index (χ2n) is 5.26. The van der Waals surface area contributed by atoms with Crippen molar-refractivity contribution in [3.63, 3.8) is 0 Å². The lowest BCUT2D eigenvalue weighted by molar-refractivity contribution is 0.119. The van der Waals surface area contributed by atoms with Gasteiger partial charge in [-0.3, -0.25) is 4.90 Å². The van der Waals surface area contributed by atoms with Crippen molar-refractivity contribution in [1.82, 2.24) is 9.80 Å². The van der Waals surface area contributed by atoms with Crippen molar-refractivity contribution in [1.29, 1.82) is 0 Å². The van der Waals surface area contributed by atoms with Crippen molar-refractivity contribution in [2.24, 2.45) is 11.7 Å². The number of nitrogens with zero attached hydrogens (tertiary/aromatic N) is 2. The van der Waals surface area contributed by atoms with Gasteiger partial charge >= 0.3 is 0 Å². The summed E-state index contributed by atoms with van der Waals surface area (Å²) in [4.78, 5) is 5.04. The fourth-order valence-corrected chi connectivity index (χ4v) is 2.95. The third-order valence-corrected chi connectivity index (χ3v) is 3.60. The first-order chi connectivity index (χ1) is 6.65. The smallest absolute Gasteiger partial charge is 0.0235 e. The maximum Gasteiger partial charge on any atom is 0.0235 e. The molecule has 2 heterocycles. The van der Waals surface area contributed by atoms with Crippen LogP contribution in [0.15, 0.2) is 0 Å². The summed E-state index contributed by atoms with van der Waals surface area (Å²) in [5.74, 6) is 0.782. The van der Waals surface area contributed by atoms with E-state index in [2.05, 4.69) is 23.8 Å². The van der Waals surface area contributed by atoms with E-state index in [1.54, 1.807) is 0 Å². The summed E-state index contributed by atoms with van der Waals surface area (Å²) in [6, 6.07) is 1.18. The highest BCUT2D eigenvalue weighted by Crippen LogP contribution is 2.21. The second kappa shape index (κ2) is 4.17. The summed E-state index contributed by atoms with van der Waals surface area (Å²) >= 11 is 0. The van der Waals surface area contributed by atoms with Gasteiger partial charge < -0.3 is 10.6 Å². The first kappa shape index (κ1) is 10.4. The Kier molecular flexibility index (Phi) is 3.10. The minimum Gasteiger partial charge on any atom is -0.327 e. The number of likely N-dealkylation sites (N-methyl/N-ethyl adjacent to an activating group) is 1. The van der Waals surface area contributed by atoms with Crippen LogP contribution in [0, 0.1) is 5.92 Å². The van der Waals surface area contributed by atoms with Crippen molar-refractivity contribution in [2.45, 2.75) is 31.8 Å². The van der Waals surface area contributed by atoms with E-state index >= 15 is 0 Å². The highest BCUT2D eigenvalue weighted by Gasteiger charge is 2.30. The quantitative estimate of drug-likeness (QED) is 0.659. The van der Waals surface area contributed by atoms with Crippen LogP contribution >= 0.6 is 0 Å². The van der Waals surface area contributed by atoms with Gasteiger partial charge in [0.1, 0.15) is 0 Å². The van der Waals surface area contributed by atoms with Crippen LogP contribution in [-0.4, -0.2) is 55.1 Å². The van der Waals surface area contributed by atoms with Gasteiger partial charge in [0.15, 0.2) is 0 Å². The zero-order valence-corrected chi connectivity index (χ0v) is 9.45. The van der Waals surface area contributed by atoms with E-state index in [-0.39, 0.29) is 0 Å². The Hall–Kier alpha value is -0.120. The normalized spacial score (nSPS) is 41.8. The molecular weight excluding hydrogens is 174 g/mol. The van der Waals surface area contributed by atoms with Gasteiger partial charge in [-0.15, -0.1) is 0 Å². The lowest BCUT2D eigenvalue weighted by Crippen LogP contribution is -2.51. The van der Waals surface area contributed by atoms with E-state index in [0.717, 1.165) is 18.5 Å². The topological polar surface area (TPSA) is 32.5 Å². The average molecular weight is 197 g/mol. The third kappa shape index (κ3) is 2.27. The van der Waals surface area contributed by atoms with Crippen LogP contribution in [0.4, 0.5) is 0 Å². The zero-order valence-electron chi connectivity index (χ0n) is 9.45. The molecule has 3 heteroatoms. The molecule has 2 aliphatic rings. The first-order valence-corrected chi connectivity index (χ1v) is 5.83. The van der Waals surface area contributed by atoms with E-state index in [0.29, 0.717) is 6.04 Å². The van der Waals surface area contributed by atoms with Gasteiger partial charge in [0.2, 0.25) is 0 Å². The highest BCUT2D eigenvalue weighted by atomic mass is 15.3. The average Bonchev–Trinajstić information content (AvgIpc) is 2.50. The number of likely N-dealkylation sites (tertiary alicyclic amines) is 2. The molecule has 2 N–H and O–H groups in total. The Morgan fingerprint density at radius 1 is 1.21 bits per heavy atom. The van der Waals surface area contributed by atoms with Crippen molar-refractivity contribution in [3.05, 3.63) is 0 Å². The highest BCUT2D eigenvalue weighted by molar-refractivity contribution is 4.88. The standard InChI is InChI=1S/C11H23N3/c1-9-5-10(12)7-14(6-9)11-3-4-13(2)8-11/h9-11H,3-8,12H2,1-2H3. The Morgan fingerprint density at radius 3 is 2.57 bits per heavy atom. The molecule has 0 aliphatic carbocycles. The second-order valence-corrected chi connectivity index (χ2v) is 5.26. The van der Waals surface area contributed by atoms with Crippen LogP contribution in [0.3, 0.4) is 0 Å². The van der Waals surface area contributed by atoms with E-state index < -0.39 is 0 Å². The van der Waals surface area contributed by atoms with Crippen LogP contribution in [0.1, 0.15) is 19.8 Å². The molecule has 3 unspecified atom stereocenters. The van der Waals surface area contributed by atoms with Gasteiger partial charge in [0.25, 0.3) is 0 Å². The molecule has 0 aromatic carbocycles. The van der Waals surface area contributed by atoms with Crippen LogP contribution in [-0.2, 0) is 0 Å². The predicted octanol–water partition coefficient (Wildman–Crippen LogP) is 0.360. The number of nitrogens with two attached hydrogens (primary N) is 1. The van der Waals surface area contributed by atoms with Crippen molar-refractivity contribution >= 4 is 0 Å². The Balaban J connectivity index is 1.90. The largest absolute Gasteiger partial charge is 0.327 e. The molecule has 0 bridgehead atoms. The van der Waals surface area contributed by atoms with Gasteiger partial charge in [-0.1, -0.05) is 6.92 Å². The Morgan fingerprint density at radius 2 is 2.00 bits per heavy atom. The van der Waals surface area contributed by atoms with Gasteiger partial charge in [0, 0.05) is 31.7 Å². The summed E-state index contributed by atoms with van der Waals surface area (Å²) in [6.45, 7) is 7.18. The fourth-order valence-electron chi connectivity index (χ4n) is 2.95. The molecule has 14 heavy (non-hydrogen) atoms. The number of piperidine rings is 1. The molecule has 2 rings (SSSR count). The van der Waals surface area contributed by atoms with Crippen LogP contribution in [0.2, 0.25) is 0 Å². The molecule has 0 amide bonds. The van der Waals surface area contributed by atoms with Gasteiger partial charge in [-0.05, 0) is 32.4 Å². The predicted molar refractivity (Wildman–Crippen MR) is 59.2 cm³/mol. The fraction of sp³-hybridized carbons (Fsp3) is 1.00. The van der Waals surface area contributed by atoms with Crippen molar-refractivity contribution < 1.29 is 0 Å². The molecule has 2 fully saturated rings. The van der Waals surface area contributed by atoms with Gasteiger partial charge in [-0.2, -0.15) is 0 Å². The lowest BCUT2D eigenvalue weighted by Gasteiger charge is -2.38. The summed E-state index contributed by atoms with van der Waals surface area (Å²) in [5, 5.41) is 0. The molecule has 0 radical (unpaired) electrons. The van der Waals surface area contributed by atoms with Gasteiger partial charge in [0.05, 0.1) is 0 Å². The number of hydrogen-bond donors (Lipinski definition) is 1. The maximum absolute atomic E-state index is 6.06. The Bertz CT molecular complexity index is 185. The number of hydrogen-bond acceptors (Lipinski definition) is 3. The monoisotopic (exact) mass is 197 g/mol. The molecule has 0 aromatic heterocycles. The van der Waals surface area contributed by atoms with Crippen molar-refractivity contribution in [3.8, 4) is 0 Å². The summed E-state index contributed by atoms with van der Waals surface area (Å²) in [6.07, 6.45) is 2.54. The zero-order chi connectivity index (χ0) is 10.1. The molecule has 0 aromatic rings. The molecule has 0 saturated carbocycles.